The number of guanidine groups is 1. The van der Waals surface area contributed by atoms with Gasteiger partial charge >= 0.3 is 0 Å². The Bertz CT molecular complexity index is 656. The van der Waals surface area contributed by atoms with Gasteiger partial charge in [0, 0.05) is 23.5 Å². The smallest absolute Gasteiger partial charge is 0.251 e. The topological polar surface area (TPSA) is 65.5 Å². The van der Waals surface area contributed by atoms with Gasteiger partial charge in [0.2, 0.25) is 0 Å². The number of carbonyl (C=O) groups is 1. The van der Waals surface area contributed by atoms with Crippen LogP contribution >= 0.6 is 35.3 Å². The second kappa shape index (κ2) is 11.9. The van der Waals surface area contributed by atoms with Gasteiger partial charge in [-0.1, -0.05) is 18.2 Å². The minimum Gasteiger partial charge on any atom is -0.357 e. The zero-order valence-corrected chi connectivity index (χ0v) is 17.7. The van der Waals surface area contributed by atoms with Crippen molar-refractivity contribution in [1.29, 1.82) is 0 Å². The second-order valence-electron chi connectivity index (χ2n) is 5.18. The molecule has 0 spiro atoms. The minimum absolute atomic E-state index is 0. The molecule has 3 N–H and O–H groups in total. The van der Waals surface area contributed by atoms with E-state index in [4.69, 9.17) is 0 Å². The third-order valence-corrected chi connectivity index (χ3v) is 4.20. The number of hydrogen-bond acceptors (Lipinski definition) is 3. The Labute approximate surface area is 170 Å². The van der Waals surface area contributed by atoms with Gasteiger partial charge in [-0.15, -0.1) is 35.3 Å². The van der Waals surface area contributed by atoms with Crippen LogP contribution in [0.1, 0.15) is 34.6 Å². The largest absolute Gasteiger partial charge is 0.357 e. The first-order valence-corrected chi connectivity index (χ1v) is 9.02. The summed E-state index contributed by atoms with van der Waals surface area (Å²) in [6.45, 7) is 6.73. The summed E-state index contributed by atoms with van der Waals surface area (Å²) in [5.41, 5.74) is 1.74. The Morgan fingerprint density at radius 1 is 1.04 bits per heavy atom. The molecule has 1 amide bonds. The van der Waals surface area contributed by atoms with Gasteiger partial charge < -0.3 is 16.0 Å². The molecule has 0 aliphatic rings. The minimum atomic E-state index is -0.0431. The van der Waals surface area contributed by atoms with Crippen molar-refractivity contribution >= 4 is 47.2 Å². The fraction of sp³-hybridized carbons (Fsp3) is 0.333. The maximum atomic E-state index is 11.7. The molecule has 0 saturated carbocycles. The Balaban J connectivity index is 0.00000312. The summed E-state index contributed by atoms with van der Waals surface area (Å²) in [4.78, 5) is 17.6. The molecule has 136 valence electrons. The van der Waals surface area contributed by atoms with Crippen molar-refractivity contribution in [2.75, 3.05) is 13.1 Å². The SMILES string of the molecule is CCNC(=O)c1ccc(CN=C(NCC)NCc2cccs2)cc1.I. The van der Waals surface area contributed by atoms with E-state index in [1.807, 2.05) is 44.2 Å². The molecule has 1 aromatic heterocycles. The van der Waals surface area contributed by atoms with Crippen LogP contribution in [-0.4, -0.2) is 25.0 Å². The molecule has 0 radical (unpaired) electrons. The lowest BCUT2D eigenvalue weighted by atomic mass is 10.1. The van der Waals surface area contributed by atoms with Gasteiger partial charge in [-0.3, -0.25) is 4.79 Å². The third-order valence-electron chi connectivity index (χ3n) is 3.33. The molecule has 5 nitrogen and oxygen atoms in total. The van der Waals surface area contributed by atoms with Crippen LogP contribution in [0.3, 0.4) is 0 Å². The number of benzene rings is 1. The molecule has 0 unspecified atom stereocenters. The molecule has 0 aliphatic heterocycles. The number of aliphatic imine (C=N–C) groups is 1. The van der Waals surface area contributed by atoms with Gasteiger partial charge in [0.1, 0.15) is 0 Å². The lowest BCUT2D eigenvalue weighted by Gasteiger charge is -2.10. The number of carbonyl (C=O) groups excluding carboxylic acids is 1. The summed E-state index contributed by atoms with van der Waals surface area (Å²) in [5.74, 6) is 0.747. The number of thiophene rings is 1. The zero-order chi connectivity index (χ0) is 17.2. The molecular weight excluding hydrogens is 447 g/mol. The Morgan fingerprint density at radius 2 is 1.76 bits per heavy atom. The quantitative estimate of drug-likeness (QED) is 0.329. The van der Waals surface area contributed by atoms with Gasteiger partial charge in [0.05, 0.1) is 13.1 Å². The summed E-state index contributed by atoms with van der Waals surface area (Å²) in [5, 5.41) is 11.4. The molecule has 0 atom stereocenters. The first kappa shape index (κ1) is 21.4. The van der Waals surface area contributed by atoms with Crippen molar-refractivity contribution in [3.8, 4) is 0 Å². The van der Waals surface area contributed by atoms with E-state index < -0.39 is 0 Å². The number of halogens is 1. The first-order valence-electron chi connectivity index (χ1n) is 8.14. The first-order chi connectivity index (χ1) is 11.7. The number of rotatable bonds is 7. The van der Waals surface area contributed by atoms with Crippen LogP contribution in [0.15, 0.2) is 46.8 Å². The summed E-state index contributed by atoms with van der Waals surface area (Å²) in [6.07, 6.45) is 0. The van der Waals surface area contributed by atoms with Gasteiger partial charge in [-0.2, -0.15) is 0 Å². The van der Waals surface area contributed by atoms with E-state index in [-0.39, 0.29) is 29.9 Å². The molecule has 25 heavy (non-hydrogen) atoms. The highest BCUT2D eigenvalue weighted by molar-refractivity contribution is 14.0. The highest BCUT2D eigenvalue weighted by Crippen LogP contribution is 2.08. The summed E-state index contributed by atoms with van der Waals surface area (Å²) in [6, 6.07) is 11.7. The van der Waals surface area contributed by atoms with Gasteiger partial charge in [-0.25, -0.2) is 4.99 Å². The van der Waals surface area contributed by atoms with E-state index in [0.29, 0.717) is 18.7 Å². The Hall–Kier alpha value is -1.61. The van der Waals surface area contributed by atoms with Crippen LogP contribution in [-0.2, 0) is 13.1 Å². The number of nitrogens with one attached hydrogen (secondary N) is 3. The monoisotopic (exact) mass is 472 g/mol. The average molecular weight is 472 g/mol. The molecule has 2 rings (SSSR count). The van der Waals surface area contributed by atoms with Crippen molar-refractivity contribution < 1.29 is 4.79 Å². The maximum Gasteiger partial charge on any atom is 0.251 e. The van der Waals surface area contributed by atoms with Crippen LogP contribution < -0.4 is 16.0 Å². The van der Waals surface area contributed by atoms with E-state index >= 15 is 0 Å². The zero-order valence-electron chi connectivity index (χ0n) is 14.5. The molecule has 1 heterocycles. The predicted octanol–water partition coefficient (Wildman–Crippen LogP) is 3.37. The Kier molecular flexibility index (Phi) is 10.2. The normalized spacial score (nSPS) is 10.7. The molecular formula is C18H25IN4OS. The van der Waals surface area contributed by atoms with Crippen LogP contribution in [0.4, 0.5) is 0 Å². The maximum absolute atomic E-state index is 11.7. The van der Waals surface area contributed by atoms with Gasteiger partial charge in [0.15, 0.2) is 5.96 Å². The number of nitrogens with zero attached hydrogens (tertiary/aromatic N) is 1. The van der Waals surface area contributed by atoms with Crippen molar-refractivity contribution in [3.05, 3.63) is 57.8 Å². The van der Waals surface area contributed by atoms with Crippen LogP contribution in [0.5, 0.6) is 0 Å². The number of amides is 1. The molecule has 0 aliphatic carbocycles. The van der Waals surface area contributed by atoms with Gasteiger partial charge in [-0.05, 0) is 43.0 Å². The van der Waals surface area contributed by atoms with Crippen LogP contribution in [0.2, 0.25) is 0 Å². The molecule has 1 aromatic carbocycles. The van der Waals surface area contributed by atoms with E-state index in [1.54, 1.807) is 11.3 Å². The molecule has 0 bridgehead atoms. The summed E-state index contributed by atoms with van der Waals surface area (Å²) >= 11 is 1.72. The fourth-order valence-electron chi connectivity index (χ4n) is 2.12. The number of hydrogen-bond donors (Lipinski definition) is 3. The van der Waals surface area contributed by atoms with E-state index in [0.717, 1.165) is 24.6 Å². The summed E-state index contributed by atoms with van der Waals surface area (Å²) < 4.78 is 0. The van der Waals surface area contributed by atoms with E-state index in [1.165, 1.54) is 4.88 Å². The highest BCUT2D eigenvalue weighted by atomic mass is 127. The van der Waals surface area contributed by atoms with Crippen molar-refractivity contribution in [2.24, 2.45) is 4.99 Å². The molecule has 7 heteroatoms. The fourth-order valence-corrected chi connectivity index (χ4v) is 2.76. The van der Waals surface area contributed by atoms with Crippen molar-refractivity contribution in [2.45, 2.75) is 26.9 Å². The van der Waals surface area contributed by atoms with Crippen molar-refractivity contribution in [3.63, 3.8) is 0 Å². The average Bonchev–Trinajstić information content (AvgIpc) is 3.11. The third kappa shape index (κ3) is 7.43. The van der Waals surface area contributed by atoms with E-state index in [9.17, 15) is 4.79 Å². The highest BCUT2D eigenvalue weighted by Gasteiger charge is 2.04. The van der Waals surface area contributed by atoms with Crippen LogP contribution in [0, 0.1) is 0 Å². The lowest BCUT2D eigenvalue weighted by Crippen LogP contribution is -2.36. The molecule has 0 saturated heterocycles. The predicted molar refractivity (Wildman–Crippen MR) is 116 cm³/mol. The van der Waals surface area contributed by atoms with Crippen molar-refractivity contribution in [1.82, 2.24) is 16.0 Å². The Morgan fingerprint density at radius 3 is 2.36 bits per heavy atom. The lowest BCUT2D eigenvalue weighted by molar-refractivity contribution is 0.0956. The second-order valence-corrected chi connectivity index (χ2v) is 6.22. The summed E-state index contributed by atoms with van der Waals surface area (Å²) in [7, 11) is 0. The van der Waals surface area contributed by atoms with Gasteiger partial charge in [0.25, 0.3) is 5.91 Å². The van der Waals surface area contributed by atoms with Crippen LogP contribution in [0.25, 0.3) is 0 Å². The molecule has 2 aromatic rings. The standard InChI is InChI=1S/C18H24N4OS.HI/c1-3-19-17(23)15-9-7-14(8-10-15)12-21-18(20-4-2)22-13-16-6-5-11-24-16;/h5-11H,3-4,12-13H2,1-2H3,(H,19,23)(H2,20,21,22);1H. The molecule has 0 fully saturated rings. The van der Waals surface area contributed by atoms with E-state index in [2.05, 4.69) is 32.4 Å².